The van der Waals surface area contributed by atoms with E-state index in [4.69, 9.17) is 4.74 Å². The highest BCUT2D eigenvalue weighted by atomic mass is 79.9. The molecule has 1 N–H and O–H groups in total. The summed E-state index contributed by atoms with van der Waals surface area (Å²) in [5.41, 5.74) is 6.07. The number of nitrogens with one attached hydrogen (secondary N) is 1. The first kappa shape index (κ1) is 32.3. The average molecular weight is 629 g/mol. The van der Waals surface area contributed by atoms with Crippen molar-refractivity contribution in [2.75, 3.05) is 0 Å². The summed E-state index contributed by atoms with van der Waals surface area (Å²) in [5, 5.41) is 3.95. The molecule has 2 heterocycles. The molecule has 0 unspecified atom stereocenters. The fourth-order valence-corrected chi connectivity index (χ4v) is 4.50. The Labute approximate surface area is 257 Å². The zero-order chi connectivity index (χ0) is 31.2. The molecule has 1 aromatic carbocycles. The molecule has 0 saturated carbocycles. The number of rotatable bonds is 11. The topological polar surface area (TPSA) is 73.2 Å². The van der Waals surface area contributed by atoms with Gasteiger partial charge in [-0.15, -0.1) is 0 Å². The van der Waals surface area contributed by atoms with Crippen LogP contribution in [-0.4, -0.2) is 27.0 Å². The number of carbonyl (C=O) groups excluding carboxylic acids is 2. The van der Waals surface area contributed by atoms with Gasteiger partial charge in [0.25, 0.3) is 5.91 Å². The first-order valence-corrected chi connectivity index (χ1v) is 14.3. The van der Waals surface area contributed by atoms with Crippen LogP contribution >= 0.6 is 15.9 Å². The summed E-state index contributed by atoms with van der Waals surface area (Å²) in [6.07, 6.45) is 8.47. The lowest BCUT2D eigenvalue weighted by atomic mass is 9.99. The Morgan fingerprint density at radius 2 is 1.81 bits per heavy atom. The quantitative estimate of drug-likeness (QED) is 0.133. The van der Waals surface area contributed by atoms with Gasteiger partial charge >= 0.3 is 5.97 Å². The summed E-state index contributed by atoms with van der Waals surface area (Å²) in [6, 6.07) is 9.48. The number of amides is 1. The minimum atomic E-state index is -0.638. The number of hydrogen-bond acceptors (Lipinski definition) is 4. The van der Waals surface area contributed by atoms with Crippen LogP contribution in [0.1, 0.15) is 48.1 Å². The zero-order valence-corrected chi connectivity index (χ0v) is 26.6. The second kappa shape index (κ2) is 13.6. The molecule has 42 heavy (non-hydrogen) atoms. The van der Waals surface area contributed by atoms with Crippen molar-refractivity contribution in [2.45, 2.75) is 53.3 Å². The molecule has 218 valence electrons. The van der Waals surface area contributed by atoms with E-state index in [1.807, 2.05) is 57.2 Å². The van der Waals surface area contributed by atoms with Gasteiger partial charge in [0, 0.05) is 39.4 Å². The number of nitrogens with zero attached hydrogens (tertiary/aromatic N) is 2. The molecule has 2 aromatic heterocycles. The monoisotopic (exact) mass is 627 g/mol. The number of fused-ring (bicyclic) bond motifs is 1. The van der Waals surface area contributed by atoms with Gasteiger partial charge in [-0.3, -0.25) is 9.78 Å². The van der Waals surface area contributed by atoms with Gasteiger partial charge in [0.15, 0.2) is 0 Å². The average Bonchev–Trinajstić information content (AvgIpc) is 3.16. The lowest BCUT2D eigenvalue weighted by molar-refractivity contribution is -0.149. The number of allylic oxidation sites excluding steroid dienone is 6. The minimum Gasteiger partial charge on any atom is -0.456 e. The van der Waals surface area contributed by atoms with Gasteiger partial charge < -0.3 is 14.6 Å². The Bertz CT molecular complexity index is 1630. The van der Waals surface area contributed by atoms with Crippen LogP contribution in [0.4, 0.5) is 0 Å². The Morgan fingerprint density at radius 1 is 1.10 bits per heavy atom. The Balaban J connectivity index is 1.73. The number of halogens is 1. The maximum atomic E-state index is 12.9. The molecule has 6 nitrogen and oxygen atoms in total. The van der Waals surface area contributed by atoms with Crippen molar-refractivity contribution >= 4 is 38.7 Å². The SMILES string of the molecule is C=C/C=C(\C(=C)C(=C)/C=C\C(=C)Cn1c(C)c(C)c2cc(C(=O)NCc3ccc(Br)cn3)ccc21)C(=O)OC(C)(C)C. The van der Waals surface area contributed by atoms with E-state index in [0.717, 1.165) is 37.9 Å². The molecule has 7 heteroatoms. The van der Waals surface area contributed by atoms with Crippen molar-refractivity contribution in [2.24, 2.45) is 0 Å². The van der Waals surface area contributed by atoms with Crippen LogP contribution in [0.5, 0.6) is 0 Å². The standard InChI is InChI=1S/C35H38BrN3O3/c1-10-11-30(34(41)42-35(7,8)9)24(4)23(3)13-12-22(2)21-39-26(6)25(5)31-18-27(14-17-32(31)39)33(40)38-20-29-16-15-28(36)19-37-29/h10-19H,1-4,20-21H2,5-9H3,(H,38,40)/b13-12-,30-11+. The Kier molecular flexibility index (Phi) is 10.5. The molecule has 0 bridgehead atoms. The maximum absolute atomic E-state index is 12.9. The number of esters is 1. The summed E-state index contributed by atoms with van der Waals surface area (Å²) in [7, 11) is 0. The molecule has 0 radical (unpaired) electrons. The number of aryl methyl sites for hydroxylation is 1. The molecular weight excluding hydrogens is 590 g/mol. The predicted molar refractivity (Wildman–Crippen MR) is 175 cm³/mol. The molecule has 0 saturated heterocycles. The number of ether oxygens (including phenoxy) is 1. The van der Waals surface area contributed by atoms with Crippen molar-refractivity contribution in [3.8, 4) is 0 Å². The van der Waals surface area contributed by atoms with Gasteiger partial charge in [-0.2, -0.15) is 0 Å². The smallest absolute Gasteiger partial charge is 0.339 e. The van der Waals surface area contributed by atoms with Crippen molar-refractivity contribution in [3.05, 3.63) is 136 Å². The largest absolute Gasteiger partial charge is 0.456 e. The second-order valence-corrected chi connectivity index (χ2v) is 11.9. The van der Waals surface area contributed by atoms with Crippen LogP contribution in [0, 0.1) is 13.8 Å². The molecule has 0 aliphatic carbocycles. The maximum Gasteiger partial charge on any atom is 0.339 e. The highest BCUT2D eigenvalue weighted by molar-refractivity contribution is 9.10. The number of hydrogen-bond donors (Lipinski definition) is 1. The minimum absolute atomic E-state index is 0.159. The van der Waals surface area contributed by atoms with Gasteiger partial charge in [-0.05, 0) is 109 Å². The first-order valence-electron chi connectivity index (χ1n) is 13.5. The van der Waals surface area contributed by atoms with E-state index < -0.39 is 11.6 Å². The highest BCUT2D eigenvalue weighted by Crippen LogP contribution is 2.28. The van der Waals surface area contributed by atoms with Crippen LogP contribution in [-0.2, 0) is 22.6 Å². The van der Waals surface area contributed by atoms with Crippen molar-refractivity contribution in [1.82, 2.24) is 14.9 Å². The van der Waals surface area contributed by atoms with E-state index in [-0.39, 0.29) is 5.91 Å². The highest BCUT2D eigenvalue weighted by Gasteiger charge is 2.22. The molecule has 3 rings (SSSR count). The van der Waals surface area contributed by atoms with Crippen molar-refractivity contribution < 1.29 is 14.3 Å². The van der Waals surface area contributed by atoms with Gasteiger partial charge in [0.2, 0.25) is 0 Å². The number of aromatic nitrogens is 2. The zero-order valence-electron chi connectivity index (χ0n) is 25.0. The lowest BCUT2D eigenvalue weighted by Gasteiger charge is -2.21. The summed E-state index contributed by atoms with van der Waals surface area (Å²) in [6.45, 7) is 26.5. The number of carbonyl (C=O) groups is 2. The fourth-order valence-electron chi connectivity index (χ4n) is 4.27. The molecule has 0 aliphatic rings. The molecule has 3 aromatic rings. The van der Waals surface area contributed by atoms with Crippen LogP contribution in [0.25, 0.3) is 10.9 Å². The fraction of sp³-hybridized carbons (Fsp3) is 0.229. The third-order valence-electron chi connectivity index (χ3n) is 6.62. The third kappa shape index (κ3) is 8.17. The predicted octanol–water partition coefficient (Wildman–Crippen LogP) is 8.02. The van der Waals surface area contributed by atoms with Gasteiger partial charge in [0.05, 0.1) is 17.8 Å². The number of pyridine rings is 1. The van der Waals surface area contributed by atoms with E-state index in [2.05, 4.69) is 71.0 Å². The summed E-state index contributed by atoms with van der Waals surface area (Å²) >= 11 is 3.37. The van der Waals surface area contributed by atoms with E-state index in [9.17, 15) is 9.59 Å². The second-order valence-electron chi connectivity index (χ2n) is 11.0. The van der Waals surface area contributed by atoms with Gasteiger partial charge in [-0.25, -0.2) is 4.79 Å². The summed E-state index contributed by atoms with van der Waals surface area (Å²) in [4.78, 5) is 29.9. The number of benzene rings is 1. The van der Waals surface area contributed by atoms with Crippen molar-refractivity contribution in [1.29, 1.82) is 0 Å². The summed E-state index contributed by atoms with van der Waals surface area (Å²) < 4.78 is 8.58. The molecule has 0 aliphatic heterocycles. The van der Waals surface area contributed by atoms with E-state index >= 15 is 0 Å². The van der Waals surface area contributed by atoms with Gasteiger partial charge in [0.1, 0.15) is 5.60 Å². The summed E-state index contributed by atoms with van der Waals surface area (Å²) in [5.74, 6) is -0.641. The van der Waals surface area contributed by atoms with Crippen LogP contribution in [0.15, 0.2) is 114 Å². The molecular formula is C35H38BrN3O3. The molecule has 0 atom stereocenters. The normalized spacial score (nSPS) is 11.9. The third-order valence-corrected chi connectivity index (χ3v) is 7.09. The van der Waals surface area contributed by atoms with E-state index in [1.54, 1.807) is 18.3 Å². The van der Waals surface area contributed by atoms with Crippen LogP contribution in [0.2, 0.25) is 0 Å². The van der Waals surface area contributed by atoms with Crippen LogP contribution < -0.4 is 5.32 Å². The molecule has 1 amide bonds. The lowest BCUT2D eigenvalue weighted by Crippen LogP contribution is -2.25. The van der Waals surface area contributed by atoms with Crippen molar-refractivity contribution in [3.63, 3.8) is 0 Å². The van der Waals surface area contributed by atoms with E-state index in [0.29, 0.717) is 35.4 Å². The van der Waals surface area contributed by atoms with Gasteiger partial charge in [-0.1, -0.05) is 44.5 Å². The van der Waals surface area contributed by atoms with Crippen LogP contribution in [0.3, 0.4) is 0 Å². The first-order chi connectivity index (χ1) is 19.7. The molecule has 0 spiro atoms. The van der Waals surface area contributed by atoms with E-state index in [1.165, 1.54) is 6.08 Å². The Hall–Kier alpha value is -4.23. The Morgan fingerprint density at radius 3 is 2.43 bits per heavy atom. The molecule has 0 fully saturated rings.